The molecule has 182 valence electrons. The monoisotopic (exact) mass is 484 g/mol. The number of hydrogen-bond donors (Lipinski definition) is 3. The van der Waals surface area contributed by atoms with Gasteiger partial charge in [-0.25, -0.2) is 4.98 Å². The summed E-state index contributed by atoms with van der Waals surface area (Å²) < 4.78 is 45.3. The van der Waals surface area contributed by atoms with Crippen molar-refractivity contribution in [2.75, 3.05) is 17.2 Å². The maximum atomic E-state index is 13.2. The normalized spacial score (nSPS) is 11.3. The number of carbonyl (C=O) groups excluding carboxylic acids is 2. The lowest BCUT2D eigenvalue weighted by atomic mass is 10.1. The third-order valence-electron chi connectivity index (χ3n) is 4.58. The Hall–Kier alpha value is -4.18. The molecule has 3 aromatic rings. The van der Waals surface area contributed by atoms with Gasteiger partial charge < -0.3 is 21.1 Å². The van der Waals surface area contributed by atoms with Crippen LogP contribution in [0.1, 0.15) is 23.6 Å². The fraction of sp³-hybridized carbons (Fsp3) is 0.160. The maximum absolute atomic E-state index is 13.2. The molecule has 2 amide bonds. The molecule has 4 N–H and O–H groups in total. The van der Waals surface area contributed by atoms with Crippen LogP contribution in [0, 0.1) is 0 Å². The van der Waals surface area contributed by atoms with Crippen LogP contribution in [0.5, 0.6) is 11.5 Å². The summed E-state index contributed by atoms with van der Waals surface area (Å²) in [5.41, 5.74) is 5.64. The average Bonchev–Trinajstić information content (AvgIpc) is 2.77. The molecule has 0 atom stereocenters. The van der Waals surface area contributed by atoms with Gasteiger partial charge in [-0.2, -0.15) is 13.2 Å². The first-order chi connectivity index (χ1) is 16.6. The van der Waals surface area contributed by atoms with Crippen molar-refractivity contribution >= 4 is 29.4 Å². The zero-order valence-electron chi connectivity index (χ0n) is 18.7. The Morgan fingerprint density at radius 2 is 1.83 bits per heavy atom. The van der Waals surface area contributed by atoms with Gasteiger partial charge in [-0.1, -0.05) is 12.1 Å². The highest BCUT2D eigenvalue weighted by Gasteiger charge is 2.31. The van der Waals surface area contributed by atoms with Gasteiger partial charge in [0.1, 0.15) is 17.3 Å². The number of aromatic nitrogens is 1. The number of rotatable bonds is 8. The van der Waals surface area contributed by atoms with Crippen molar-refractivity contribution in [3.63, 3.8) is 0 Å². The number of nitrogens with one attached hydrogen (secondary N) is 2. The minimum Gasteiger partial charge on any atom is -0.457 e. The lowest BCUT2D eigenvalue weighted by Gasteiger charge is -2.12. The third-order valence-corrected chi connectivity index (χ3v) is 4.58. The van der Waals surface area contributed by atoms with E-state index in [-0.39, 0.29) is 24.6 Å². The molecule has 0 spiro atoms. The SMILES string of the molecule is CC(=O)Nc1cc(Oc2cccc(C=CC(=O)Nc3cc(CCN)cc(C(F)(F)F)c3)c2)ccn1. The van der Waals surface area contributed by atoms with Crippen molar-refractivity contribution in [2.24, 2.45) is 5.73 Å². The number of carbonyl (C=O) groups is 2. The van der Waals surface area contributed by atoms with Crippen LogP contribution in [0.4, 0.5) is 24.7 Å². The molecule has 0 unspecified atom stereocenters. The zero-order valence-corrected chi connectivity index (χ0v) is 18.7. The van der Waals surface area contributed by atoms with Crippen LogP contribution in [-0.4, -0.2) is 23.3 Å². The lowest BCUT2D eigenvalue weighted by molar-refractivity contribution is -0.137. The maximum Gasteiger partial charge on any atom is 0.416 e. The molecule has 35 heavy (non-hydrogen) atoms. The van der Waals surface area contributed by atoms with E-state index in [1.54, 1.807) is 36.4 Å². The van der Waals surface area contributed by atoms with Crippen molar-refractivity contribution in [1.29, 1.82) is 0 Å². The van der Waals surface area contributed by atoms with E-state index < -0.39 is 17.6 Å². The van der Waals surface area contributed by atoms with Gasteiger partial charge in [0, 0.05) is 31.0 Å². The van der Waals surface area contributed by atoms with Crippen LogP contribution < -0.4 is 21.1 Å². The first-order valence-electron chi connectivity index (χ1n) is 10.5. The van der Waals surface area contributed by atoms with E-state index in [1.165, 1.54) is 31.3 Å². The summed E-state index contributed by atoms with van der Waals surface area (Å²) in [4.78, 5) is 27.6. The molecule has 0 aliphatic heterocycles. The van der Waals surface area contributed by atoms with Gasteiger partial charge in [0.25, 0.3) is 0 Å². The van der Waals surface area contributed by atoms with E-state index in [9.17, 15) is 22.8 Å². The quantitative estimate of drug-likeness (QED) is 0.390. The highest BCUT2D eigenvalue weighted by atomic mass is 19.4. The number of alkyl halides is 3. The minimum atomic E-state index is -4.54. The Kier molecular flexibility index (Phi) is 8.21. The third kappa shape index (κ3) is 7.97. The van der Waals surface area contributed by atoms with Crippen LogP contribution in [0.15, 0.2) is 66.9 Å². The van der Waals surface area contributed by atoms with E-state index in [0.717, 1.165) is 12.1 Å². The van der Waals surface area contributed by atoms with Crippen LogP contribution in [0.3, 0.4) is 0 Å². The van der Waals surface area contributed by atoms with E-state index in [0.29, 0.717) is 28.4 Å². The second kappa shape index (κ2) is 11.3. The van der Waals surface area contributed by atoms with Gasteiger partial charge in [-0.05, 0) is 66.6 Å². The van der Waals surface area contributed by atoms with Crippen molar-refractivity contribution in [3.8, 4) is 11.5 Å². The number of amides is 2. The molecule has 0 fully saturated rings. The fourth-order valence-corrected chi connectivity index (χ4v) is 3.14. The Morgan fingerprint density at radius 3 is 2.54 bits per heavy atom. The lowest BCUT2D eigenvalue weighted by Crippen LogP contribution is -2.12. The summed E-state index contributed by atoms with van der Waals surface area (Å²) in [5.74, 6) is 0.397. The molecule has 0 saturated heterocycles. The molecule has 1 aromatic heterocycles. The molecule has 7 nitrogen and oxygen atoms in total. The largest absolute Gasteiger partial charge is 0.457 e. The van der Waals surface area contributed by atoms with E-state index in [1.807, 2.05) is 0 Å². The minimum absolute atomic E-state index is 0.0303. The van der Waals surface area contributed by atoms with E-state index >= 15 is 0 Å². The topological polar surface area (TPSA) is 106 Å². The highest BCUT2D eigenvalue weighted by Crippen LogP contribution is 2.32. The van der Waals surface area contributed by atoms with Crippen LogP contribution in [-0.2, 0) is 22.2 Å². The van der Waals surface area contributed by atoms with Gasteiger partial charge in [0.2, 0.25) is 11.8 Å². The number of ether oxygens (including phenoxy) is 1. The van der Waals surface area contributed by atoms with Crippen LogP contribution in [0.25, 0.3) is 6.08 Å². The molecule has 3 rings (SSSR count). The number of halogens is 3. The Bertz CT molecular complexity index is 1240. The first kappa shape index (κ1) is 25.4. The first-order valence-corrected chi connectivity index (χ1v) is 10.5. The van der Waals surface area contributed by atoms with E-state index in [2.05, 4.69) is 15.6 Å². The molecule has 1 heterocycles. The molecule has 0 radical (unpaired) electrons. The number of pyridine rings is 1. The Labute approximate surface area is 199 Å². The summed E-state index contributed by atoms with van der Waals surface area (Å²) in [6, 6.07) is 13.4. The molecule has 0 bridgehead atoms. The molecule has 0 aliphatic rings. The summed E-state index contributed by atoms with van der Waals surface area (Å²) >= 11 is 0. The number of nitrogens with two attached hydrogens (primary N) is 1. The second-order valence-corrected chi connectivity index (χ2v) is 7.51. The second-order valence-electron chi connectivity index (χ2n) is 7.51. The van der Waals surface area contributed by atoms with Crippen molar-refractivity contribution in [2.45, 2.75) is 19.5 Å². The number of anilines is 2. The molecular formula is C25H23F3N4O3. The van der Waals surface area contributed by atoms with Crippen LogP contribution in [0.2, 0.25) is 0 Å². The molecule has 10 heteroatoms. The summed E-state index contributed by atoms with van der Waals surface area (Å²) in [5, 5.41) is 5.02. The van der Waals surface area contributed by atoms with Crippen molar-refractivity contribution < 1.29 is 27.5 Å². The number of hydrogen-bond acceptors (Lipinski definition) is 5. The van der Waals surface area contributed by atoms with Gasteiger partial charge >= 0.3 is 6.18 Å². The summed E-state index contributed by atoms with van der Waals surface area (Å²) in [6.45, 7) is 1.55. The predicted molar refractivity (Wildman–Crippen MR) is 127 cm³/mol. The summed E-state index contributed by atoms with van der Waals surface area (Å²) in [6.07, 6.45) is -0.0894. The highest BCUT2D eigenvalue weighted by molar-refractivity contribution is 6.02. The smallest absolute Gasteiger partial charge is 0.416 e. The van der Waals surface area contributed by atoms with Crippen molar-refractivity contribution in [3.05, 3.63) is 83.6 Å². The average molecular weight is 484 g/mol. The Morgan fingerprint density at radius 1 is 1.06 bits per heavy atom. The van der Waals surface area contributed by atoms with Gasteiger partial charge in [0.05, 0.1) is 5.56 Å². The number of benzene rings is 2. The molecular weight excluding hydrogens is 461 g/mol. The number of nitrogens with zero attached hydrogens (tertiary/aromatic N) is 1. The molecule has 0 aliphatic carbocycles. The van der Waals surface area contributed by atoms with Crippen molar-refractivity contribution in [1.82, 2.24) is 4.98 Å². The van der Waals surface area contributed by atoms with Crippen LogP contribution >= 0.6 is 0 Å². The zero-order chi connectivity index (χ0) is 25.4. The molecule has 0 saturated carbocycles. The van der Waals surface area contributed by atoms with E-state index in [4.69, 9.17) is 10.5 Å². The standard InChI is InChI=1S/C25H23F3N4O3/c1-16(33)31-23-15-22(8-10-30-23)35-21-4-2-3-17(13-21)5-6-24(34)32-20-12-18(7-9-29)11-19(14-20)25(26,27)28/h2-6,8,10-15H,7,9,29H2,1H3,(H,32,34)(H,30,31,33). The Balaban J connectivity index is 1.70. The fourth-order valence-electron chi connectivity index (χ4n) is 3.14. The predicted octanol–water partition coefficient (Wildman–Crippen LogP) is 5.00. The van der Waals surface area contributed by atoms with Gasteiger partial charge in [-0.15, -0.1) is 0 Å². The van der Waals surface area contributed by atoms with Gasteiger partial charge in [-0.3, -0.25) is 9.59 Å². The molecule has 2 aromatic carbocycles. The van der Waals surface area contributed by atoms with Gasteiger partial charge in [0.15, 0.2) is 0 Å². The summed E-state index contributed by atoms with van der Waals surface area (Å²) in [7, 11) is 0.